The summed E-state index contributed by atoms with van der Waals surface area (Å²) in [6.07, 6.45) is 5.23. The molecule has 2 aliphatic rings. The zero-order valence-corrected chi connectivity index (χ0v) is 20.3. The number of carbonyl (C=O) groups excluding carboxylic acids is 1. The molecule has 2 saturated heterocycles. The van der Waals surface area contributed by atoms with E-state index in [-0.39, 0.29) is 17.3 Å². The molecule has 1 amide bonds. The van der Waals surface area contributed by atoms with Crippen molar-refractivity contribution in [2.75, 3.05) is 31.6 Å². The summed E-state index contributed by atoms with van der Waals surface area (Å²) in [6, 6.07) is 0. The van der Waals surface area contributed by atoms with Crippen LogP contribution in [0, 0.1) is 5.92 Å². The van der Waals surface area contributed by atoms with Crippen LogP contribution in [0.3, 0.4) is 0 Å². The van der Waals surface area contributed by atoms with E-state index in [1.807, 2.05) is 55.5 Å². The minimum Gasteiger partial charge on any atom is -0.444 e. The lowest BCUT2D eigenvalue weighted by molar-refractivity contribution is 0.00578. The van der Waals surface area contributed by atoms with E-state index in [0.29, 0.717) is 11.9 Å². The van der Waals surface area contributed by atoms with Gasteiger partial charge in [-0.25, -0.2) is 14.8 Å². The van der Waals surface area contributed by atoms with Gasteiger partial charge in [-0.05, 0) is 67.2 Å². The van der Waals surface area contributed by atoms with Gasteiger partial charge >= 0.3 is 13.2 Å². The average molecular weight is 432 g/mol. The molecule has 0 aromatic carbocycles. The molecule has 0 aliphatic carbocycles. The van der Waals surface area contributed by atoms with E-state index >= 15 is 0 Å². The highest BCUT2D eigenvalue weighted by Crippen LogP contribution is 2.36. The number of anilines is 1. The minimum atomic E-state index is -0.461. The van der Waals surface area contributed by atoms with Crippen molar-refractivity contribution in [2.45, 2.75) is 78.1 Å². The largest absolute Gasteiger partial charge is 0.498 e. The molecule has 3 rings (SSSR count). The van der Waals surface area contributed by atoms with Crippen molar-refractivity contribution in [3.63, 3.8) is 0 Å². The molecule has 2 aliphatic heterocycles. The molecule has 0 spiro atoms. The zero-order valence-electron chi connectivity index (χ0n) is 20.3. The maximum atomic E-state index is 12.2. The standard InChI is InChI=1S/C22H37BN4O4/c1-20(2,3)29-19(28)27-11-9-16(10-12-27)15-26(8)18-24-13-17(14-25-18)23-30-21(4,5)22(6,7)31-23/h13-14,16H,9-12,15H2,1-8H3. The Morgan fingerprint density at radius 2 is 1.68 bits per heavy atom. The van der Waals surface area contributed by atoms with E-state index in [1.54, 1.807) is 17.3 Å². The van der Waals surface area contributed by atoms with Gasteiger partial charge in [0.25, 0.3) is 0 Å². The van der Waals surface area contributed by atoms with E-state index in [2.05, 4.69) is 14.9 Å². The highest BCUT2D eigenvalue weighted by Gasteiger charge is 2.52. The number of ether oxygens (including phenoxy) is 1. The Kier molecular flexibility index (Phi) is 6.59. The van der Waals surface area contributed by atoms with Gasteiger partial charge in [-0.1, -0.05) is 0 Å². The van der Waals surface area contributed by atoms with Crippen LogP contribution in [0.5, 0.6) is 0 Å². The normalized spacial score (nSPS) is 21.3. The number of amides is 1. The van der Waals surface area contributed by atoms with E-state index in [9.17, 15) is 4.79 Å². The molecule has 0 saturated carbocycles. The van der Waals surface area contributed by atoms with Gasteiger partial charge in [-0.15, -0.1) is 0 Å². The molecule has 0 atom stereocenters. The summed E-state index contributed by atoms with van der Waals surface area (Å²) in [5, 5.41) is 0. The molecule has 8 nitrogen and oxygen atoms in total. The third kappa shape index (κ3) is 5.69. The average Bonchev–Trinajstić information content (AvgIpc) is 2.88. The van der Waals surface area contributed by atoms with Gasteiger partial charge in [0.05, 0.1) is 11.2 Å². The maximum absolute atomic E-state index is 12.2. The lowest BCUT2D eigenvalue weighted by Crippen LogP contribution is -2.43. The Morgan fingerprint density at radius 3 is 2.16 bits per heavy atom. The van der Waals surface area contributed by atoms with Crippen LogP contribution in [0.25, 0.3) is 0 Å². The number of likely N-dealkylation sites (tertiary alicyclic amines) is 1. The van der Waals surface area contributed by atoms with Gasteiger partial charge in [-0.3, -0.25) is 0 Å². The monoisotopic (exact) mass is 432 g/mol. The predicted molar refractivity (Wildman–Crippen MR) is 122 cm³/mol. The second-order valence-electron chi connectivity index (χ2n) is 10.7. The second kappa shape index (κ2) is 8.58. The minimum absolute atomic E-state index is 0.221. The van der Waals surface area contributed by atoms with E-state index < -0.39 is 12.7 Å². The highest BCUT2D eigenvalue weighted by atomic mass is 16.7. The third-order valence-corrected chi connectivity index (χ3v) is 6.32. The lowest BCUT2D eigenvalue weighted by Gasteiger charge is -2.34. The smallest absolute Gasteiger partial charge is 0.444 e. The van der Waals surface area contributed by atoms with Crippen molar-refractivity contribution in [1.29, 1.82) is 0 Å². The van der Waals surface area contributed by atoms with E-state index in [4.69, 9.17) is 14.0 Å². The number of hydrogen-bond acceptors (Lipinski definition) is 7. The SMILES string of the molecule is CN(CC1CCN(C(=O)OC(C)(C)C)CC1)c1ncc(B2OC(C)(C)C(C)(C)O2)cn1. The third-order valence-electron chi connectivity index (χ3n) is 6.32. The van der Waals surface area contributed by atoms with Crippen LogP contribution in [-0.2, 0) is 14.0 Å². The molecule has 1 aromatic rings. The van der Waals surface area contributed by atoms with Gasteiger partial charge in [-0.2, -0.15) is 0 Å². The van der Waals surface area contributed by atoms with Crippen molar-refractivity contribution < 1.29 is 18.8 Å². The van der Waals surface area contributed by atoms with Crippen molar-refractivity contribution in [3.8, 4) is 0 Å². The fraction of sp³-hybridized carbons (Fsp3) is 0.773. The van der Waals surface area contributed by atoms with Crippen LogP contribution in [-0.4, -0.2) is 71.6 Å². The summed E-state index contributed by atoms with van der Waals surface area (Å²) in [5.74, 6) is 1.16. The van der Waals surface area contributed by atoms with Crippen molar-refractivity contribution in [1.82, 2.24) is 14.9 Å². The molecule has 1 aromatic heterocycles. The molecule has 31 heavy (non-hydrogen) atoms. The summed E-state index contributed by atoms with van der Waals surface area (Å²) in [5.41, 5.74) is -0.415. The molecule has 0 radical (unpaired) electrons. The van der Waals surface area contributed by atoms with Crippen LogP contribution in [0.1, 0.15) is 61.3 Å². The number of nitrogens with zero attached hydrogens (tertiary/aromatic N) is 4. The Bertz CT molecular complexity index is 755. The summed E-state index contributed by atoms with van der Waals surface area (Å²) < 4.78 is 17.6. The van der Waals surface area contributed by atoms with Crippen LogP contribution in [0.15, 0.2) is 12.4 Å². The van der Waals surface area contributed by atoms with Crippen LogP contribution in [0.2, 0.25) is 0 Å². The van der Waals surface area contributed by atoms with Crippen LogP contribution >= 0.6 is 0 Å². The molecule has 0 N–H and O–H groups in total. The fourth-order valence-corrected chi connectivity index (χ4v) is 3.72. The first-order chi connectivity index (χ1) is 14.3. The molecule has 0 bridgehead atoms. The van der Waals surface area contributed by atoms with E-state index in [1.165, 1.54) is 0 Å². The van der Waals surface area contributed by atoms with Crippen LogP contribution < -0.4 is 10.4 Å². The molecule has 172 valence electrons. The molecule has 0 unspecified atom stereocenters. The van der Waals surface area contributed by atoms with Gasteiger partial charge < -0.3 is 23.8 Å². The topological polar surface area (TPSA) is 77.0 Å². The summed E-state index contributed by atoms with van der Waals surface area (Å²) in [6.45, 7) is 16.1. The number of aromatic nitrogens is 2. The summed E-state index contributed by atoms with van der Waals surface area (Å²) in [7, 11) is 1.55. The quantitative estimate of drug-likeness (QED) is 0.678. The first-order valence-electron chi connectivity index (χ1n) is 11.1. The van der Waals surface area contributed by atoms with Crippen molar-refractivity contribution in [2.24, 2.45) is 5.92 Å². The number of rotatable bonds is 4. The Balaban J connectivity index is 1.51. The Morgan fingerprint density at radius 1 is 1.16 bits per heavy atom. The first-order valence-corrected chi connectivity index (χ1v) is 11.1. The Labute approximate surface area is 186 Å². The second-order valence-corrected chi connectivity index (χ2v) is 10.7. The van der Waals surface area contributed by atoms with Gasteiger partial charge in [0.2, 0.25) is 5.95 Å². The van der Waals surface area contributed by atoms with Crippen molar-refractivity contribution in [3.05, 3.63) is 12.4 Å². The number of hydrogen-bond donors (Lipinski definition) is 0. The zero-order chi connectivity index (χ0) is 23.0. The van der Waals surface area contributed by atoms with Gasteiger partial charge in [0.15, 0.2) is 0 Å². The molecular formula is C22H37BN4O4. The molecular weight excluding hydrogens is 395 g/mol. The predicted octanol–water partition coefficient (Wildman–Crippen LogP) is 2.86. The summed E-state index contributed by atoms with van der Waals surface area (Å²) in [4.78, 5) is 25.2. The van der Waals surface area contributed by atoms with E-state index in [0.717, 1.165) is 37.9 Å². The van der Waals surface area contributed by atoms with Gasteiger partial charge in [0, 0.05) is 44.5 Å². The van der Waals surface area contributed by atoms with Crippen molar-refractivity contribution >= 4 is 24.6 Å². The molecule has 3 heterocycles. The molecule has 2 fully saturated rings. The Hall–Kier alpha value is -1.87. The molecule has 9 heteroatoms. The van der Waals surface area contributed by atoms with Crippen LogP contribution in [0.4, 0.5) is 10.7 Å². The number of piperidine rings is 1. The van der Waals surface area contributed by atoms with Gasteiger partial charge in [0.1, 0.15) is 5.60 Å². The summed E-state index contributed by atoms with van der Waals surface area (Å²) >= 11 is 0. The highest BCUT2D eigenvalue weighted by molar-refractivity contribution is 6.61. The maximum Gasteiger partial charge on any atom is 0.498 e. The fourth-order valence-electron chi connectivity index (χ4n) is 3.72. The number of carbonyl (C=O) groups is 1. The first kappa shape index (κ1) is 23.8. The lowest BCUT2D eigenvalue weighted by atomic mass is 9.81.